The van der Waals surface area contributed by atoms with Crippen LogP contribution in [0.2, 0.25) is 0 Å². The molecule has 0 aromatic heterocycles. The molecule has 1 fully saturated rings. The second-order valence-corrected chi connectivity index (χ2v) is 4.80. The molecule has 2 heteroatoms. The molecule has 0 radical (unpaired) electrons. The summed E-state index contributed by atoms with van der Waals surface area (Å²) < 4.78 is 5.77. The monoisotopic (exact) mass is 171 g/mol. The van der Waals surface area contributed by atoms with Gasteiger partial charge in [-0.3, -0.25) is 0 Å². The van der Waals surface area contributed by atoms with Crippen molar-refractivity contribution in [3.8, 4) is 0 Å². The predicted molar refractivity (Wildman–Crippen MR) is 51.0 cm³/mol. The summed E-state index contributed by atoms with van der Waals surface area (Å²) in [4.78, 5) is 0. The second-order valence-electron chi connectivity index (χ2n) is 4.80. The van der Waals surface area contributed by atoms with Crippen LogP contribution < -0.4 is 5.73 Å². The summed E-state index contributed by atoms with van der Waals surface area (Å²) in [7, 11) is 0. The highest BCUT2D eigenvalue weighted by molar-refractivity contribution is 4.84. The lowest BCUT2D eigenvalue weighted by Crippen LogP contribution is -2.43. The Bertz CT molecular complexity index is 139. The summed E-state index contributed by atoms with van der Waals surface area (Å²) in [5.41, 5.74) is 5.95. The van der Waals surface area contributed by atoms with Crippen molar-refractivity contribution < 1.29 is 4.74 Å². The summed E-state index contributed by atoms with van der Waals surface area (Å²) in [6.07, 6.45) is 2.77. The molecule has 0 spiro atoms. The largest absolute Gasteiger partial charge is 0.377 e. The Morgan fingerprint density at radius 2 is 2.08 bits per heavy atom. The van der Waals surface area contributed by atoms with E-state index in [2.05, 4.69) is 20.8 Å². The Balaban J connectivity index is 2.59. The predicted octanol–water partition coefficient (Wildman–Crippen LogP) is 1.79. The van der Waals surface area contributed by atoms with Gasteiger partial charge in [0.1, 0.15) is 0 Å². The van der Waals surface area contributed by atoms with Gasteiger partial charge in [-0.05, 0) is 30.7 Å². The number of nitrogens with two attached hydrogens (primary N) is 1. The van der Waals surface area contributed by atoms with E-state index >= 15 is 0 Å². The average molecular weight is 171 g/mol. The Kier molecular flexibility index (Phi) is 3.13. The van der Waals surface area contributed by atoms with Crippen LogP contribution in [0.15, 0.2) is 0 Å². The standard InChI is InChI=1S/C10H21NO/c1-10(2,3)9-8(7-11)5-4-6-12-9/h8-9H,4-7,11H2,1-3H3/t8-,9-/m0/s1. The van der Waals surface area contributed by atoms with Gasteiger partial charge in [0.05, 0.1) is 6.10 Å². The quantitative estimate of drug-likeness (QED) is 0.652. The zero-order valence-corrected chi connectivity index (χ0v) is 8.47. The zero-order valence-electron chi connectivity index (χ0n) is 8.47. The van der Waals surface area contributed by atoms with Crippen molar-refractivity contribution in [3.63, 3.8) is 0 Å². The molecule has 2 atom stereocenters. The molecular weight excluding hydrogens is 150 g/mol. The maximum atomic E-state index is 5.77. The fourth-order valence-corrected chi connectivity index (χ4v) is 2.04. The van der Waals surface area contributed by atoms with Crippen LogP contribution in [0.25, 0.3) is 0 Å². The third kappa shape index (κ3) is 2.20. The van der Waals surface area contributed by atoms with E-state index in [0.29, 0.717) is 12.0 Å². The highest BCUT2D eigenvalue weighted by Gasteiger charge is 2.34. The fraction of sp³-hybridized carbons (Fsp3) is 1.00. The van der Waals surface area contributed by atoms with Crippen LogP contribution in [0, 0.1) is 11.3 Å². The summed E-state index contributed by atoms with van der Waals surface area (Å²) in [6, 6.07) is 0. The molecule has 2 nitrogen and oxygen atoms in total. The fourth-order valence-electron chi connectivity index (χ4n) is 2.04. The molecule has 72 valence electrons. The number of hydrogen-bond donors (Lipinski definition) is 1. The van der Waals surface area contributed by atoms with Crippen LogP contribution in [-0.2, 0) is 4.74 Å². The summed E-state index contributed by atoms with van der Waals surface area (Å²) in [6.45, 7) is 8.36. The number of ether oxygens (including phenoxy) is 1. The number of hydrogen-bond acceptors (Lipinski definition) is 2. The van der Waals surface area contributed by atoms with Gasteiger partial charge in [0, 0.05) is 6.61 Å². The highest BCUT2D eigenvalue weighted by Crippen LogP contribution is 2.33. The van der Waals surface area contributed by atoms with Gasteiger partial charge in [-0.25, -0.2) is 0 Å². The minimum Gasteiger partial charge on any atom is -0.377 e. The minimum absolute atomic E-state index is 0.241. The van der Waals surface area contributed by atoms with Gasteiger partial charge >= 0.3 is 0 Å². The van der Waals surface area contributed by atoms with E-state index in [1.807, 2.05) is 0 Å². The van der Waals surface area contributed by atoms with Crippen LogP contribution in [-0.4, -0.2) is 19.3 Å². The van der Waals surface area contributed by atoms with Gasteiger partial charge in [0.25, 0.3) is 0 Å². The topological polar surface area (TPSA) is 35.2 Å². The van der Waals surface area contributed by atoms with Gasteiger partial charge < -0.3 is 10.5 Å². The molecule has 1 saturated heterocycles. The van der Waals surface area contributed by atoms with Crippen LogP contribution in [0.5, 0.6) is 0 Å². The van der Waals surface area contributed by atoms with E-state index in [9.17, 15) is 0 Å². The van der Waals surface area contributed by atoms with E-state index in [-0.39, 0.29) is 5.41 Å². The normalized spacial score (nSPS) is 32.0. The molecular formula is C10H21NO. The molecule has 1 aliphatic heterocycles. The van der Waals surface area contributed by atoms with Crippen LogP contribution >= 0.6 is 0 Å². The maximum Gasteiger partial charge on any atom is 0.0663 e. The van der Waals surface area contributed by atoms with Crippen LogP contribution in [0.4, 0.5) is 0 Å². The van der Waals surface area contributed by atoms with Crippen molar-refractivity contribution in [1.82, 2.24) is 0 Å². The zero-order chi connectivity index (χ0) is 9.19. The molecule has 0 bridgehead atoms. The van der Waals surface area contributed by atoms with Gasteiger partial charge in [0.15, 0.2) is 0 Å². The molecule has 0 amide bonds. The lowest BCUT2D eigenvalue weighted by atomic mass is 9.78. The van der Waals surface area contributed by atoms with Crippen molar-refractivity contribution in [2.24, 2.45) is 17.1 Å². The Hall–Kier alpha value is -0.0800. The Morgan fingerprint density at radius 1 is 1.42 bits per heavy atom. The molecule has 12 heavy (non-hydrogen) atoms. The van der Waals surface area contributed by atoms with E-state index in [4.69, 9.17) is 10.5 Å². The summed E-state index contributed by atoms with van der Waals surface area (Å²) >= 11 is 0. The molecule has 0 aliphatic carbocycles. The molecule has 1 aliphatic rings. The SMILES string of the molecule is CC(C)(C)[C@H]1OCCC[C@H]1CN. The van der Waals surface area contributed by atoms with E-state index in [1.165, 1.54) is 12.8 Å². The van der Waals surface area contributed by atoms with E-state index < -0.39 is 0 Å². The molecule has 0 saturated carbocycles. The van der Waals surface area contributed by atoms with Crippen molar-refractivity contribution in [2.75, 3.05) is 13.2 Å². The second kappa shape index (κ2) is 3.75. The lowest BCUT2D eigenvalue weighted by Gasteiger charge is -2.39. The van der Waals surface area contributed by atoms with Crippen LogP contribution in [0.3, 0.4) is 0 Å². The third-order valence-electron chi connectivity index (χ3n) is 2.60. The smallest absolute Gasteiger partial charge is 0.0663 e. The molecule has 2 N–H and O–H groups in total. The first kappa shape index (κ1) is 10.0. The molecule has 0 aromatic carbocycles. The van der Waals surface area contributed by atoms with E-state index in [0.717, 1.165) is 13.2 Å². The summed E-state index contributed by atoms with van der Waals surface area (Å²) in [5.74, 6) is 0.568. The first-order chi connectivity index (χ1) is 5.55. The first-order valence-electron chi connectivity index (χ1n) is 4.87. The molecule has 1 heterocycles. The van der Waals surface area contributed by atoms with Gasteiger partial charge in [-0.15, -0.1) is 0 Å². The van der Waals surface area contributed by atoms with Crippen molar-refractivity contribution in [3.05, 3.63) is 0 Å². The summed E-state index contributed by atoms with van der Waals surface area (Å²) in [5, 5.41) is 0. The van der Waals surface area contributed by atoms with Crippen molar-refractivity contribution >= 4 is 0 Å². The number of rotatable bonds is 1. The lowest BCUT2D eigenvalue weighted by molar-refractivity contribution is -0.0824. The van der Waals surface area contributed by atoms with Gasteiger partial charge in [0.2, 0.25) is 0 Å². The van der Waals surface area contributed by atoms with Crippen LogP contribution in [0.1, 0.15) is 33.6 Å². The van der Waals surface area contributed by atoms with Crippen molar-refractivity contribution in [1.29, 1.82) is 0 Å². The van der Waals surface area contributed by atoms with Crippen molar-refractivity contribution in [2.45, 2.75) is 39.7 Å². The molecule has 1 rings (SSSR count). The Labute approximate surface area is 75.5 Å². The van der Waals surface area contributed by atoms with Gasteiger partial charge in [-0.2, -0.15) is 0 Å². The van der Waals surface area contributed by atoms with E-state index in [1.54, 1.807) is 0 Å². The molecule has 0 unspecified atom stereocenters. The van der Waals surface area contributed by atoms with Gasteiger partial charge in [-0.1, -0.05) is 20.8 Å². The average Bonchev–Trinajstić information content (AvgIpc) is 2.03. The first-order valence-corrected chi connectivity index (χ1v) is 4.87. The third-order valence-corrected chi connectivity index (χ3v) is 2.60. The maximum absolute atomic E-state index is 5.77. The molecule has 0 aromatic rings. The highest BCUT2D eigenvalue weighted by atomic mass is 16.5. The minimum atomic E-state index is 0.241. The Morgan fingerprint density at radius 3 is 2.50 bits per heavy atom.